The van der Waals surface area contributed by atoms with Crippen LogP contribution in [-0.2, 0) is 10.9 Å². The number of hydrogen-bond acceptors (Lipinski definition) is 9. The molecule has 0 atom stereocenters. The van der Waals surface area contributed by atoms with E-state index in [1.54, 1.807) is 18.2 Å². The molecule has 0 saturated carbocycles. The topological polar surface area (TPSA) is 164 Å². The number of non-ortho nitro benzene ring substituents is 1. The lowest BCUT2D eigenvalue weighted by atomic mass is 10.1. The van der Waals surface area contributed by atoms with Gasteiger partial charge in [0, 0.05) is 11.6 Å². The third-order valence-electron chi connectivity index (χ3n) is 5.61. The minimum atomic E-state index is -5.01. The van der Waals surface area contributed by atoms with Gasteiger partial charge in [0.1, 0.15) is 11.4 Å². The van der Waals surface area contributed by atoms with E-state index in [9.17, 15) is 43.0 Å². The molecule has 1 amide bonds. The van der Waals surface area contributed by atoms with E-state index in [1.807, 2.05) is 0 Å². The Labute approximate surface area is 227 Å². The average Bonchev–Trinajstić information content (AvgIpc) is 3.38. The maximum Gasteiger partial charge on any atom is 0.417 e. The van der Waals surface area contributed by atoms with Crippen molar-refractivity contribution in [2.75, 3.05) is 11.6 Å². The molecule has 0 bridgehead atoms. The van der Waals surface area contributed by atoms with E-state index < -0.39 is 61.8 Å². The predicted molar refractivity (Wildman–Crippen MR) is 135 cm³/mol. The number of esters is 1. The van der Waals surface area contributed by atoms with E-state index in [1.165, 1.54) is 19.1 Å². The van der Waals surface area contributed by atoms with Crippen molar-refractivity contribution in [3.63, 3.8) is 0 Å². The molecule has 210 valence electrons. The molecular formula is C25H17F3N6O7. The summed E-state index contributed by atoms with van der Waals surface area (Å²) < 4.78 is 46.8. The number of rotatable bonds is 8. The molecule has 0 radical (unpaired) electrons. The summed E-state index contributed by atoms with van der Waals surface area (Å²) in [5, 5.41) is 31.3. The van der Waals surface area contributed by atoms with E-state index in [2.05, 4.69) is 10.3 Å². The maximum absolute atomic E-state index is 14.0. The number of aromatic nitrogens is 3. The summed E-state index contributed by atoms with van der Waals surface area (Å²) >= 11 is 0. The molecule has 0 unspecified atom stereocenters. The van der Waals surface area contributed by atoms with E-state index in [0.717, 1.165) is 30.3 Å². The third kappa shape index (κ3) is 5.56. The molecule has 13 nitrogen and oxygen atoms in total. The molecule has 0 N–H and O–H groups in total. The van der Waals surface area contributed by atoms with E-state index in [0.29, 0.717) is 21.9 Å². The normalized spacial score (nSPS) is 11.1. The van der Waals surface area contributed by atoms with Gasteiger partial charge in [0.25, 0.3) is 11.6 Å². The van der Waals surface area contributed by atoms with Gasteiger partial charge in [-0.1, -0.05) is 42.5 Å². The molecule has 1 aromatic heterocycles. The Kier molecular flexibility index (Phi) is 7.75. The molecule has 0 aliphatic rings. The van der Waals surface area contributed by atoms with Gasteiger partial charge < -0.3 is 4.74 Å². The lowest BCUT2D eigenvalue weighted by Gasteiger charge is -2.25. The Balaban J connectivity index is 2.09. The second-order valence-electron chi connectivity index (χ2n) is 8.11. The number of carbonyl (C=O) groups is 2. The van der Waals surface area contributed by atoms with E-state index >= 15 is 0 Å². The standard InChI is InChI=1S/C25H17F3N6O7/c1-2-41-24(36)21-22(15-8-4-3-5-9-15)32(30-29-21)31(19-13-12-16(33(37)38)14-20(19)34(39)40)23(35)17-10-6-7-11-18(17)25(26,27)28/h3-14H,2H2,1H3. The molecule has 4 aromatic rings. The first-order chi connectivity index (χ1) is 19.5. The maximum atomic E-state index is 14.0. The number of carbonyl (C=O) groups excluding carboxylic acids is 2. The van der Waals surface area contributed by atoms with Crippen LogP contribution in [0.1, 0.15) is 33.3 Å². The summed E-state index contributed by atoms with van der Waals surface area (Å²) in [6.45, 7) is 1.42. The molecular weight excluding hydrogens is 553 g/mol. The highest BCUT2D eigenvalue weighted by Gasteiger charge is 2.39. The molecule has 16 heteroatoms. The summed E-state index contributed by atoms with van der Waals surface area (Å²) in [6, 6.07) is 13.5. The van der Waals surface area contributed by atoms with Crippen LogP contribution in [0.25, 0.3) is 11.3 Å². The highest BCUT2D eigenvalue weighted by molar-refractivity contribution is 6.08. The Morgan fingerprint density at radius 1 is 0.976 bits per heavy atom. The minimum Gasteiger partial charge on any atom is -0.461 e. The zero-order chi connectivity index (χ0) is 29.9. The average molecular weight is 570 g/mol. The first-order valence-corrected chi connectivity index (χ1v) is 11.6. The fourth-order valence-corrected chi connectivity index (χ4v) is 3.88. The number of halogens is 3. The number of nitro groups is 2. The molecule has 3 aromatic carbocycles. The van der Waals surface area contributed by atoms with Crippen LogP contribution in [0.5, 0.6) is 0 Å². The van der Waals surface area contributed by atoms with Gasteiger partial charge in [-0.3, -0.25) is 25.0 Å². The molecule has 0 aliphatic heterocycles. The molecule has 41 heavy (non-hydrogen) atoms. The van der Waals surface area contributed by atoms with Crippen molar-refractivity contribution in [1.29, 1.82) is 0 Å². The van der Waals surface area contributed by atoms with Crippen molar-refractivity contribution in [1.82, 2.24) is 15.1 Å². The Morgan fingerprint density at radius 3 is 2.24 bits per heavy atom. The van der Waals surface area contributed by atoms with Crippen molar-refractivity contribution in [2.45, 2.75) is 13.1 Å². The zero-order valence-corrected chi connectivity index (χ0v) is 20.8. The summed E-state index contributed by atoms with van der Waals surface area (Å²) in [5.41, 5.74) is -5.25. The van der Waals surface area contributed by atoms with E-state index in [4.69, 9.17) is 4.74 Å². The van der Waals surface area contributed by atoms with Crippen molar-refractivity contribution < 1.29 is 37.3 Å². The molecule has 4 rings (SSSR count). The van der Waals surface area contributed by atoms with Crippen molar-refractivity contribution in [3.8, 4) is 11.3 Å². The van der Waals surface area contributed by atoms with Crippen molar-refractivity contribution in [2.24, 2.45) is 0 Å². The molecule has 0 spiro atoms. The fraction of sp³-hybridized carbons (Fsp3) is 0.120. The molecule has 0 fully saturated rings. The largest absolute Gasteiger partial charge is 0.461 e. The Morgan fingerprint density at radius 2 is 1.63 bits per heavy atom. The van der Waals surface area contributed by atoms with Gasteiger partial charge >= 0.3 is 17.8 Å². The predicted octanol–water partition coefficient (Wildman–Crippen LogP) is 5.07. The molecule has 0 aliphatic carbocycles. The Hall–Kier alpha value is -5.67. The number of anilines is 1. The van der Waals surface area contributed by atoms with Gasteiger partial charge in [-0.05, 0) is 30.3 Å². The van der Waals surface area contributed by atoms with Crippen LogP contribution in [0.2, 0.25) is 0 Å². The monoisotopic (exact) mass is 570 g/mol. The number of alkyl halides is 3. The van der Waals surface area contributed by atoms with Gasteiger partial charge in [0.2, 0.25) is 5.69 Å². The first kappa shape index (κ1) is 28.3. The van der Waals surface area contributed by atoms with Gasteiger partial charge in [-0.2, -0.15) is 18.2 Å². The van der Waals surface area contributed by atoms with Gasteiger partial charge in [-0.15, -0.1) is 9.89 Å². The number of amides is 1. The SMILES string of the molecule is CCOC(=O)c1nnn(N(C(=O)c2ccccc2C(F)(F)F)c2ccc([N+](=O)[O-])cc2[N+](=O)[O-])c1-c1ccccc1. The summed E-state index contributed by atoms with van der Waals surface area (Å²) in [7, 11) is 0. The van der Waals surface area contributed by atoms with Crippen molar-refractivity contribution >= 4 is 28.9 Å². The van der Waals surface area contributed by atoms with Crippen LogP contribution in [0.4, 0.5) is 30.2 Å². The van der Waals surface area contributed by atoms with Gasteiger partial charge in [-0.25, -0.2) is 4.79 Å². The van der Waals surface area contributed by atoms with Crippen LogP contribution in [0.15, 0.2) is 72.8 Å². The van der Waals surface area contributed by atoms with Crippen LogP contribution in [0.3, 0.4) is 0 Å². The number of ether oxygens (including phenoxy) is 1. The molecule has 0 saturated heterocycles. The summed E-state index contributed by atoms with van der Waals surface area (Å²) in [4.78, 5) is 48.7. The second kappa shape index (κ2) is 11.2. The quantitative estimate of drug-likeness (QED) is 0.160. The highest BCUT2D eigenvalue weighted by atomic mass is 19.4. The lowest BCUT2D eigenvalue weighted by Crippen LogP contribution is -2.39. The molecule has 1 heterocycles. The second-order valence-corrected chi connectivity index (χ2v) is 8.11. The fourth-order valence-electron chi connectivity index (χ4n) is 3.88. The third-order valence-corrected chi connectivity index (χ3v) is 5.61. The van der Waals surface area contributed by atoms with Crippen LogP contribution >= 0.6 is 0 Å². The first-order valence-electron chi connectivity index (χ1n) is 11.6. The van der Waals surface area contributed by atoms with Crippen molar-refractivity contribution in [3.05, 3.63) is 110 Å². The van der Waals surface area contributed by atoms with Crippen LogP contribution in [0, 0.1) is 20.2 Å². The van der Waals surface area contributed by atoms with Gasteiger partial charge in [0.15, 0.2) is 0 Å². The zero-order valence-electron chi connectivity index (χ0n) is 20.8. The van der Waals surface area contributed by atoms with Crippen LogP contribution in [-0.4, -0.2) is 43.4 Å². The summed E-state index contributed by atoms with van der Waals surface area (Å²) in [6.07, 6.45) is -5.01. The number of hydrogen-bond donors (Lipinski definition) is 0. The van der Waals surface area contributed by atoms with Crippen LogP contribution < -0.4 is 5.01 Å². The number of benzene rings is 3. The van der Waals surface area contributed by atoms with Gasteiger partial charge in [0.05, 0.1) is 33.6 Å². The highest BCUT2D eigenvalue weighted by Crippen LogP contribution is 2.38. The lowest BCUT2D eigenvalue weighted by molar-refractivity contribution is -0.393. The summed E-state index contributed by atoms with van der Waals surface area (Å²) in [5.74, 6) is -2.47. The number of nitrogens with zero attached hydrogens (tertiary/aromatic N) is 6. The Bertz CT molecular complexity index is 1660. The van der Waals surface area contributed by atoms with E-state index in [-0.39, 0.29) is 17.9 Å². The minimum absolute atomic E-state index is 0.0879. The smallest absolute Gasteiger partial charge is 0.417 e. The number of nitro benzene ring substituents is 2.